The highest BCUT2D eigenvalue weighted by atomic mass is 19.1. The Bertz CT molecular complexity index is 1670. The van der Waals surface area contributed by atoms with Crippen LogP contribution in [0.2, 0.25) is 0 Å². The zero-order valence-corrected chi connectivity index (χ0v) is 20.6. The molecule has 2 aromatic heterocycles. The molecule has 1 aliphatic heterocycles. The molecular formula is C30H26FN5O2. The summed E-state index contributed by atoms with van der Waals surface area (Å²) in [6.45, 7) is 3.00. The Kier molecular flexibility index (Phi) is 6.09. The van der Waals surface area contributed by atoms with Gasteiger partial charge in [0.25, 0.3) is 0 Å². The third-order valence-electron chi connectivity index (χ3n) is 7.11. The predicted octanol–water partition coefficient (Wildman–Crippen LogP) is 5.29. The number of primary amides is 1. The van der Waals surface area contributed by atoms with E-state index in [1.165, 1.54) is 31.4 Å². The molecule has 0 unspecified atom stereocenters. The van der Waals surface area contributed by atoms with E-state index < -0.39 is 11.7 Å². The van der Waals surface area contributed by atoms with Gasteiger partial charge in [0.15, 0.2) is 5.75 Å². The number of benzene rings is 3. The van der Waals surface area contributed by atoms with Crippen molar-refractivity contribution < 1.29 is 14.3 Å². The summed E-state index contributed by atoms with van der Waals surface area (Å²) in [4.78, 5) is 22.7. The molecule has 3 heterocycles. The molecule has 8 heteroatoms. The standard InChI is InChI=1S/C30H26FN5O2/c31-25-15-19(23-9-2-1-6-21(23)17-35-12-3-4-13-35)10-11-24(25)27-29(37)28-26(16-33-27)34-18-36(28)22-8-5-7-20(14-22)30(32)38/h1-2,5-11,14-16,18,37H,3-4,12-13,17H2,(H2,32,38). The van der Waals surface area contributed by atoms with Gasteiger partial charge >= 0.3 is 0 Å². The second-order valence-electron chi connectivity index (χ2n) is 9.55. The molecule has 1 saturated heterocycles. The molecule has 0 aliphatic carbocycles. The maximum absolute atomic E-state index is 15.6. The number of fused-ring (bicyclic) bond motifs is 1. The topological polar surface area (TPSA) is 97.3 Å². The summed E-state index contributed by atoms with van der Waals surface area (Å²) in [7, 11) is 0. The molecule has 0 bridgehead atoms. The van der Waals surface area contributed by atoms with Gasteiger partial charge < -0.3 is 10.8 Å². The van der Waals surface area contributed by atoms with Crippen LogP contribution in [-0.2, 0) is 6.54 Å². The molecule has 7 nitrogen and oxygen atoms in total. The quantitative estimate of drug-likeness (QED) is 0.325. The van der Waals surface area contributed by atoms with E-state index in [1.807, 2.05) is 24.3 Å². The first-order valence-electron chi connectivity index (χ1n) is 12.6. The third kappa shape index (κ3) is 4.29. The normalized spacial score (nSPS) is 13.8. The lowest BCUT2D eigenvalue weighted by Crippen LogP contribution is -2.18. The van der Waals surface area contributed by atoms with Crippen molar-refractivity contribution in [3.63, 3.8) is 0 Å². The fraction of sp³-hybridized carbons (Fsp3) is 0.167. The third-order valence-corrected chi connectivity index (χ3v) is 7.11. The molecule has 3 N–H and O–H groups in total. The average Bonchev–Trinajstić information content (AvgIpc) is 3.60. The van der Waals surface area contributed by atoms with Crippen molar-refractivity contribution in [3.05, 3.63) is 96.2 Å². The van der Waals surface area contributed by atoms with E-state index in [9.17, 15) is 9.90 Å². The average molecular weight is 508 g/mol. The molecule has 3 aromatic carbocycles. The number of carbonyl (C=O) groups is 1. The second kappa shape index (κ2) is 9.72. The number of hydrogen-bond acceptors (Lipinski definition) is 5. The maximum atomic E-state index is 15.6. The van der Waals surface area contributed by atoms with Crippen LogP contribution in [0.4, 0.5) is 4.39 Å². The lowest BCUT2D eigenvalue weighted by molar-refractivity contribution is 0.1000. The number of imidazole rings is 1. The first kappa shape index (κ1) is 23.8. The van der Waals surface area contributed by atoms with Crippen molar-refractivity contribution >= 4 is 16.9 Å². The molecule has 6 rings (SSSR count). The summed E-state index contributed by atoms with van der Waals surface area (Å²) in [6, 6.07) is 19.8. The van der Waals surface area contributed by atoms with Gasteiger partial charge in [-0.05, 0) is 73.0 Å². The van der Waals surface area contributed by atoms with Crippen LogP contribution in [0.1, 0.15) is 28.8 Å². The van der Waals surface area contributed by atoms with E-state index in [4.69, 9.17) is 5.73 Å². The van der Waals surface area contributed by atoms with E-state index in [0.717, 1.165) is 36.3 Å². The highest BCUT2D eigenvalue weighted by molar-refractivity contribution is 5.94. The van der Waals surface area contributed by atoms with E-state index in [0.29, 0.717) is 22.3 Å². The van der Waals surface area contributed by atoms with Crippen LogP contribution in [0.15, 0.2) is 79.3 Å². The largest absolute Gasteiger partial charge is 0.504 e. The summed E-state index contributed by atoms with van der Waals surface area (Å²) in [5.74, 6) is -1.25. The van der Waals surface area contributed by atoms with Gasteiger partial charge in [-0.3, -0.25) is 14.3 Å². The molecule has 0 radical (unpaired) electrons. The smallest absolute Gasteiger partial charge is 0.248 e. The molecule has 1 amide bonds. The van der Waals surface area contributed by atoms with E-state index in [1.54, 1.807) is 34.9 Å². The molecule has 0 spiro atoms. The van der Waals surface area contributed by atoms with Crippen LogP contribution >= 0.6 is 0 Å². The Morgan fingerprint density at radius 1 is 0.974 bits per heavy atom. The van der Waals surface area contributed by atoms with Crippen LogP contribution in [0.3, 0.4) is 0 Å². The summed E-state index contributed by atoms with van der Waals surface area (Å²) >= 11 is 0. The van der Waals surface area contributed by atoms with Crippen molar-refractivity contribution in [3.8, 4) is 33.8 Å². The lowest BCUT2D eigenvalue weighted by atomic mass is 9.97. The Morgan fingerprint density at radius 3 is 2.58 bits per heavy atom. The minimum atomic E-state index is -0.563. The molecule has 190 valence electrons. The molecular weight excluding hydrogens is 481 g/mol. The van der Waals surface area contributed by atoms with E-state index in [-0.39, 0.29) is 17.0 Å². The zero-order valence-electron chi connectivity index (χ0n) is 20.6. The van der Waals surface area contributed by atoms with Crippen LogP contribution in [0.5, 0.6) is 5.75 Å². The summed E-state index contributed by atoms with van der Waals surface area (Å²) in [6.07, 6.45) is 5.44. The van der Waals surface area contributed by atoms with Gasteiger partial charge in [-0.1, -0.05) is 36.4 Å². The fourth-order valence-corrected chi connectivity index (χ4v) is 5.19. The van der Waals surface area contributed by atoms with Crippen molar-refractivity contribution in [1.82, 2.24) is 19.4 Å². The number of halogens is 1. The van der Waals surface area contributed by atoms with Gasteiger partial charge in [-0.25, -0.2) is 14.4 Å². The number of likely N-dealkylation sites (tertiary alicyclic amines) is 1. The molecule has 1 fully saturated rings. The van der Waals surface area contributed by atoms with Gasteiger partial charge in [-0.15, -0.1) is 0 Å². The molecule has 0 atom stereocenters. The maximum Gasteiger partial charge on any atom is 0.248 e. The number of carbonyl (C=O) groups excluding carboxylic acids is 1. The van der Waals surface area contributed by atoms with Gasteiger partial charge in [-0.2, -0.15) is 0 Å². The van der Waals surface area contributed by atoms with Crippen LogP contribution in [0.25, 0.3) is 39.1 Å². The van der Waals surface area contributed by atoms with Gasteiger partial charge in [0, 0.05) is 23.4 Å². The van der Waals surface area contributed by atoms with Crippen molar-refractivity contribution in [2.45, 2.75) is 19.4 Å². The number of pyridine rings is 1. The monoisotopic (exact) mass is 507 g/mol. The number of hydrogen-bond donors (Lipinski definition) is 2. The molecule has 0 saturated carbocycles. The Morgan fingerprint density at radius 2 is 1.79 bits per heavy atom. The van der Waals surface area contributed by atoms with Gasteiger partial charge in [0.05, 0.1) is 6.20 Å². The number of nitrogens with zero attached hydrogens (tertiary/aromatic N) is 4. The number of nitrogens with two attached hydrogens (primary N) is 1. The highest BCUT2D eigenvalue weighted by Crippen LogP contribution is 2.37. The predicted molar refractivity (Wildman–Crippen MR) is 144 cm³/mol. The lowest BCUT2D eigenvalue weighted by Gasteiger charge is -2.18. The number of amides is 1. The zero-order chi connectivity index (χ0) is 26.2. The number of aromatic nitrogens is 3. The van der Waals surface area contributed by atoms with Crippen LogP contribution in [0, 0.1) is 5.82 Å². The minimum Gasteiger partial charge on any atom is -0.504 e. The molecule has 1 aliphatic rings. The Hall–Kier alpha value is -4.56. The first-order valence-corrected chi connectivity index (χ1v) is 12.6. The van der Waals surface area contributed by atoms with Gasteiger partial charge in [0.1, 0.15) is 28.9 Å². The number of rotatable bonds is 6. The first-order chi connectivity index (χ1) is 18.5. The molecule has 38 heavy (non-hydrogen) atoms. The summed E-state index contributed by atoms with van der Waals surface area (Å²) in [5.41, 5.74) is 10.3. The Balaban J connectivity index is 1.39. The van der Waals surface area contributed by atoms with Crippen molar-refractivity contribution in [1.29, 1.82) is 0 Å². The van der Waals surface area contributed by atoms with Crippen LogP contribution < -0.4 is 5.73 Å². The second-order valence-corrected chi connectivity index (χ2v) is 9.55. The summed E-state index contributed by atoms with van der Waals surface area (Å²) < 4.78 is 17.2. The van der Waals surface area contributed by atoms with Crippen LogP contribution in [-0.4, -0.2) is 43.5 Å². The highest BCUT2D eigenvalue weighted by Gasteiger charge is 2.20. The van der Waals surface area contributed by atoms with Crippen molar-refractivity contribution in [2.75, 3.05) is 13.1 Å². The van der Waals surface area contributed by atoms with E-state index >= 15 is 4.39 Å². The van der Waals surface area contributed by atoms with E-state index in [2.05, 4.69) is 20.9 Å². The Labute approximate surface area is 219 Å². The number of aromatic hydroxyl groups is 1. The van der Waals surface area contributed by atoms with Crippen molar-refractivity contribution in [2.24, 2.45) is 5.73 Å². The fourth-order valence-electron chi connectivity index (χ4n) is 5.19. The SMILES string of the molecule is NC(=O)c1cccc(-n2cnc3cnc(-c4ccc(-c5ccccc5CN5CCCC5)cc4F)c(O)c32)c1. The minimum absolute atomic E-state index is 0.111. The summed E-state index contributed by atoms with van der Waals surface area (Å²) in [5, 5.41) is 11.2. The molecule has 5 aromatic rings. The van der Waals surface area contributed by atoms with Gasteiger partial charge in [0.2, 0.25) is 5.91 Å².